The number of guanidine groups is 1. The van der Waals surface area contributed by atoms with Gasteiger partial charge in [0.2, 0.25) is 5.91 Å². The number of amides is 1. The topological polar surface area (TPSA) is 77.0 Å². The molecule has 3 fully saturated rings. The molecule has 0 aromatic rings. The van der Waals surface area contributed by atoms with Crippen molar-refractivity contribution in [2.45, 2.75) is 51.4 Å². The Kier molecular flexibility index (Phi) is 7.37. The molecule has 0 aromatic heterocycles. The fourth-order valence-electron chi connectivity index (χ4n) is 4.91. The molecule has 7 heteroatoms. The van der Waals surface area contributed by atoms with E-state index in [1.54, 1.807) is 0 Å². The number of hydrogen-bond acceptors (Lipinski definition) is 3. The zero-order valence-electron chi connectivity index (χ0n) is 15.4. The SMILES string of the molecule is CN=C(NCC1(CCO)CCCC1)N1CCCC2(CNC(=O)C2)C1.I. The summed E-state index contributed by atoms with van der Waals surface area (Å²) >= 11 is 0. The summed E-state index contributed by atoms with van der Waals surface area (Å²) in [5, 5.41) is 16.0. The van der Waals surface area contributed by atoms with Crippen molar-refractivity contribution in [3.05, 3.63) is 0 Å². The Labute approximate surface area is 168 Å². The zero-order chi connectivity index (χ0) is 17.0. The van der Waals surface area contributed by atoms with Crippen LogP contribution < -0.4 is 10.6 Å². The lowest BCUT2D eigenvalue weighted by Gasteiger charge is -2.41. The molecule has 1 saturated carbocycles. The quantitative estimate of drug-likeness (QED) is 0.337. The second-order valence-corrected chi connectivity index (χ2v) is 8.06. The number of aliphatic hydroxyl groups excluding tert-OH is 1. The standard InChI is InChI=1S/C18H32N4O2.HI/c1-19-16(21-12-17(8-10-23)5-2-3-6-17)22-9-4-7-18(14-22)11-15(24)20-13-18;/h23H,2-14H2,1H3,(H,19,21)(H,20,24);1H. The van der Waals surface area contributed by atoms with Crippen LogP contribution in [0.3, 0.4) is 0 Å². The van der Waals surface area contributed by atoms with Crippen LogP contribution in [-0.2, 0) is 4.79 Å². The number of piperidine rings is 1. The second kappa shape index (κ2) is 8.88. The highest BCUT2D eigenvalue weighted by Crippen LogP contribution is 2.40. The average Bonchev–Trinajstić information content (AvgIpc) is 3.16. The first-order chi connectivity index (χ1) is 11.6. The van der Waals surface area contributed by atoms with Gasteiger partial charge in [-0.1, -0.05) is 12.8 Å². The fraction of sp³-hybridized carbons (Fsp3) is 0.889. The van der Waals surface area contributed by atoms with Gasteiger partial charge in [0.15, 0.2) is 5.96 Å². The molecule has 0 aromatic carbocycles. The molecule has 1 amide bonds. The highest BCUT2D eigenvalue weighted by atomic mass is 127. The molecular weight excluding hydrogens is 431 g/mol. The summed E-state index contributed by atoms with van der Waals surface area (Å²) in [6, 6.07) is 0. The lowest BCUT2D eigenvalue weighted by atomic mass is 9.79. The number of halogens is 1. The van der Waals surface area contributed by atoms with Crippen LogP contribution >= 0.6 is 24.0 Å². The van der Waals surface area contributed by atoms with E-state index in [1.807, 2.05) is 7.05 Å². The van der Waals surface area contributed by atoms with Crippen LogP contribution in [0.25, 0.3) is 0 Å². The Hall–Kier alpha value is -0.570. The first-order valence-corrected chi connectivity index (χ1v) is 9.44. The molecule has 1 atom stereocenters. The maximum Gasteiger partial charge on any atom is 0.220 e. The number of likely N-dealkylation sites (tertiary alicyclic amines) is 1. The van der Waals surface area contributed by atoms with Gasteiger partial charge < -0.3 is 20.6 Å². The van der Waals surface area contributed by atoms with Crippen LogP contribution in [0.15, 0.2) is 4.99 Å². The molecule has 3 aliphatic rings. The molecule has 2 aliphatic heterocycles. The maximum absolute atomic E-state index is 11.7. The van der Waals surface area contributed by atoms with Gasteiger partial charge in [0, 0.05) is 51.7 Å². The van der Waals surface area contributed by atoms with E-state index in [1.165, 1.54) is 25.7 Å². The first kappa shape index (κ1) is 20.7. The average molecular weight is 464 g/mol. The van der Waals surface area contributed by atoms with Crippen LogP contribution in [0.5, 0.6) is 0 Å². The molecule has 0 bridgehead atoms. The van der Waals surface area contributed by atoms with E-state index in [0.717, 1.165) is 51.4 Å². The molecular formula is C18H33IN4O2. The lowest BCUT2D eigenvalue weighted by Crippen LogP contribution is -2.52. The molecule has 2 heterocycles. The molecule has 144 valence electrons. The molecule has 3 N–H and O–H groups in total. The Morgan fingerprint density at radius 1 is 1.32 bits per heavy atom. The van der Waals surface area contributed by atoms with Crippen molar-refractivity contribution in [3.63, 3.8) is 0 Å². The second-order valence-electron chi connectivity index (χ2n) is 8.06. The van der Waals surface area contributed by atoms with Gasteiger partial charge in [0.25, 0.3) is 0 Å². The normalized spacial score (nSPS) is 28.8. The van der Waals surface area contributed by atoms with Gasteiger partial charge in [-0.3, -0.25) is 9.79 Å². The van der Waals surface area contributed by atoms with E-state index in [4.69, 9.17) is 0 Å². The number of hydrogen-bond donors (Lipinski definition) is 3. The largest absolute Gasteiger partial charge is 0.396 e. The van der Waals surface area contributed by atoms with Crippen LogP contribution in [0.4, 0.5) is 0 Å². The van der Waals surface area contributed by atoms with Gasteiger partial charge in [-0.05, 0) is 37.5 Å². The number of aliphatic hydroxyl groups is 1. The maximum atomic E-state index is 11.7. The monoisotopic (exact) mass is 464 g/mol. The Morgan fingerprint density at radius 2 is 2.08 bits per heavy atom. The van der Waals surface area contributed by atoms with Crippen molar-refractivity contribution >= 4 is 35.8 Å². The highest BCUT2D eigenvalue weighted by molar-refractivity contribution is 14.0. The highest BCUT2D eigenvalue weighted by Gasteiger charge is 2.42. The Balaban J connectivity index is 0.00000225. The van der Waals surface area contributed by atoms with Crippen LogP contribution in [0, 0.1) is 10.8 Å². The smallest absolute Gasteiger partial charge is 0.220 e. The summed E-state index contributed by atoms with van der Waals surface area (Å²) < 4.78 is 0. The van der Waals surface area contributed by atoms with E-state index in [9.17, 15) is 9.90 Å². The van der Waals surface area contributed by atoms with Gasteiger partial charge in [0.05, 0.1) is 0 Å². The molecule has 2 saturated heterocycles. The Morgan fingerprint density at radius 3 is 2.68 bits per heavy atom. The summed E-state index contributed by atoms with van der Waals surface area (Å²) in [4.78, 5) is 18.5. The van der Waals surface area contributed by atoms with Gasteiger partial charge in [-0.25, -0.2) is 0 Å². The molecule has 1 aliphatic carbocycles. The molecule has 6 nitrogen and oxygen atoms in total. The minimum atomic E-state index is 0. The summed E-state index contributed by atoms with van der Waals surface area (Å²) in [5.41, 5.74) is 0.312. The van der Waals surface area contributed by atoms with E-state index in [2.05, 4.69) is 20.5 Å². The Bertz CT molecular complexity index is 493. The van der Waals surface area contributed by atoms with E-state index in [-0.39, 0.29) is 47.3 Å². The first-order valence-electron chi connectivity index (χ1n) is 9.44. The van der Waals surface area contributed by atoms with Crippen molar-refractivity contribution in [3.8, 4) is 0 Å². The predicted octanol–water partition coefficient (Wildman–Crippen LogP) is 1.72. The summed E-state index contributed by atoms with van der Waals surface area (Å²) in [6.45, 7) is 3.86. The van der Waals surface area contributed by atoms with E-state index < -0.39 is 0 Å². The van der Waals surface area contributed by atoms with Gasteiger partial charge in [-0.2, -0.15) is 0 Å². The number of aliphatic imine (C=N–C) groups is 1. The van der Waals surface area contributed by atoms with Crippen LogP contribution in [0.1, 0.15) is 51.4 Å². The fourth-order valence-corrected chi connectivity index (χ4v) is 4.91. The summed E-state index contributed by atoms with van der Waals surface area (Å²) in [5.74, 6) is 1.14. The van der Waals surface area contributed by atoms with Crippen molar-refractivity contribution in [1.82, 2.24) is 15.5 Å². The van der Waals surface area contributed by atoms with Crippen molar-refractivity contribution < 1.29 is 9.90 Å². The third-order valence-corrected chi connectivity index (χ3v) is 6.30. The van der Waals surface area contributed by atoms with E-state index in [0.29, 0.717) is 6.42 Å². The van der Waals surface area contributed by atoms with Gasteiger partial charge in [0.1, 0.15) is 0 Å². The van der Waals surface area contributed by atoms with Crippen LogP contribution in [-0.4, -0.2) is 61.7 Å². The molecule has 1 unspecified atom stereocenters. The number of carbonyl (C=O) groups excluding carboxylic acids is 1. The number of carbonyl (C=O) groups is 1. The molecule has 25 heavy (non-hydrogen) atoms. The molecule has 3 rings (SSSR count). The minimum Gasteiger partial charge on any atom is -0.396 e. The van der Waals surface area contributed by atoms with Crippen molar-refractivity contribution in [1.29, 1.82) is 0 Å². The number of rotatable bonds is 4. The van der Waals surface area contributed by atoms with Crippen molar-refractivity contribution in [2.24, 2.45) is 15.8 Å². The van der Waals surface area contributed by atoms with Crippen LogP contribution in [0.2, 0.25) is 0 Å². The van der Waals surface area contributed by atoms with Gasteiger partial charge in [-0.15, -0.1) is 24.0 Å². The molecule has 0 radical (unpaired) electrons. The third-order valence-electron chi connectivity index (χ3n) is 6.30. The molecule has 1 spiro atoms. The summed E-state index contributed by atoms with van der Waals surface area (Å²) in [6.07, 6.45) is 8.67. The minimum absolute atomic E-state index is 0. The lowest BCUT2D eigenvalue weighted by molar-refractivity contribution is -0.119. The van der Waals surface area contributed by atoms with Crippen molar-refractivity contribution in [2.75, 3.05) is 39.8 Å². The third kappa shape index (κ3) is 4.78. The predicted molar refractivity (Wildman–Crippen MR) is 110 cm³/mol. The number of nitrogens with zero attached hydrogens (tertiary/aromatic N) is 2. The zero-order valence-corrected chi connectivity index (χ0v) is 17.7. The summed E-state index contributed by atoms with van der Waals surface area (Å²) in [7, 11) is 1.84. The van der Waals surface area contributed by atoms with E-state index >= 15 is 0 Å². The van der Waals surface area contributed by atoms with Gasteiger partial charge >= 0.3 is 0 Å². The number of nitrogens with one attached hydrogen (secondary N) is 2.